The second kappa shape index (κ2) is 5.79. The Labute approximate surface area is 82.7 Å². The Hall–Kier alpha value is -0.790. The largest absolute Gasteiger partial charge is 0.489 e. The second-order valence-electron chi connectivity index (χ2n) is 3.16. The Bertz CT molecular complexity index is 229. The van der Waals surface area contributed by atoms with Gasteiger partial charge in [0.05, 0.1) is 7.11 Å². The molecule has 0 aliphatic carbocycles. The van der Waals surface area contributed by atoms with Crippen LogP contribution in [0.2, 0.25) is 0 Å². The first kappa shape index (κ1) is 12.2. The molecule has 0 fully saturated rings. The minimum Gasteiger partial charge on any atom is -0.489 e. The molecule has 3 nitrogen and oxygen atoms in total. The van der Waals surface area contributed by atoms with Crippen LogP contribution in [0, 0.1) is 11.8 Å². The first-order valence-corrected chi connectivity index (χ1v) is 4.39. The third-order valence-corrected chi connectivity index (χ3v) is 1.88. The fraction of sp³-hybridized carbons (Fsp3) is 0.667. The normalized spacial score (nSPS) is 12.1. The van der Waals surface area contributed by atoms with Gasteiger partial charge in [-0.15, -0.1) is 0 Å². The van der Waals surface area contributed by atoms with E-state index in [2.05, 4.69) is 0 Å². The minimum absolute atomic E-state index is 0.0197. The van der Waals surface area contributed by atoms with E-state index in [1.165, 1.54) is 7.11 Å². The van der Waals surface area contributed by atoms with Gasteiger partial charge in [0.2, 0.25) is 5.24 Å². The van der Waals surface area contributed by atoms with Crippen molar-refractivity contribution in [1.29, 1.82) is 0 Å². The molecule has 4 heteroatoms. The third-order valence-electron chi connectivity index (χ3n) is 1.62. The van der Waals surface area contributed by atoms with E-state index in [4.69, 9.17) is 16.3 Å². The van der Waals surface area contributed by atoms with Gasteiger partial charge < -0.3 is 4.74 Å². The molecule has 0 heterocycles. The Kier molecular flexibility index (Phi) is 5.44. The molecule has 0 aliphatic rings. The first-order valence-electron chi connectivity index (χ1n) is 4.01. The summed E-state index contributed by atoms with van der Waals surface area (Å²) in [4.78, 5) is 21.3. The Balaban J connectivity index is 4.60. The van der Waals surface area contributed by atoms with Crippen molar-refractivity contribution in [2.45, 2.75) is 20.3 Å². The van der Waals surface area contributed by atoms with Gasteiger partial charge in [-0.1, -0.05) is 13.8 Å². The topological polar surface area (TPSA) is 43.4 Å². The Morgan fingerprint density at radius 1 is 1.54 bits per heavy atom. The lowest BCUT2D eigenvalue weighted by molar-refractivity contribution is -0.115. The standard InChI is InChI=1S/C9H13ClO3/c1-6(2)4-7(9(10)12)8(5-11)13-3/h6-7H,4H2,1-3H3. The number of hydrogen-bond donors (Lipinski definition) is 0. The maximum atomic E-state index is 10.9. The van der Waals surface area contributed by atoms with Gasteiger partial charge in [-0.3, -0.25) is 4.79 Å². The molecular formula is C9H13ClO3. The van der Waals surface area contributed by atoms with Crippen molar-refractivity contribution >= 4 is 22.8 Å². The molecule has 0 amide bonds. The predicted octanol–water partition coefficient (Wildman–Crippen LogP) is 1.78. The highest BCUT2D eigenvalue weighted by Gasteiger charge is 2.24. The van der Waals surface area contributed by atoms with E-state index in [0.29, 0.717) is 6.42 Å². The molecule has 74 valence electrons. The van der Waals surface area contributed by atoms with Gasteiger partial charge in [0.15, 0.2) is 11.7 Å². The van der Waals surface area contributed by atoms with Crippen LogP contribution in [-0.4, -0.2) is 18.3 Å². The molecule has 0 N–H and O–H groups in total. The van der Waals surface area contributed by atoms with Crippen molar-refractivity contribution < 1.29 is 14.3 Å². The molecule has 1 unspecified atom stereocenters. The predicted molar refractivity (Wildman–Crippen MR) is 50.0 cm³/mol. The second-order valence-corrected chi connectivity index (χ2v) is 3.53. The number of allylic oxidation sites excluding steroid dienone is 1. The molecular weight excluding hydrogens is 192 g/mol. The maximum Gasteiger partial charge on any atom is 0.233 e. The molecule has 0 aromatic heterocycles. The number of carbonyl (C=O) groups excluding carboxylic acids is 2. The smallest absolute Gasteiger partial charge is 0.233 e. The lowest BCUT2D eigenvalue weighted by atomic mass is 9.97. The lowest BCUT2D eigenvalue weighted by Gasteiger charge is -2.14. The van der Waals surface area contributed by atoms with Gasteiger partial charge in [-0.05, 0) is 23.9 Å². The highest BCUT2D eigenvalue weighted by molar-refractivity contribution is 6.64. The van der Waals surface area contributed by atoms with Crippen molar-refractivity contribution in [2.75, 3.05) is 7.11 Å². The quantitative estimate of drug-likeness (QED) is 0.390. The van der Waals surface area contributed by atoms with E-state index < -0.39 is 11.2 Å². The molecule has 0 saturated carbocycles. The Morgan fingerprint density at radius 3 is 2.31 bits per heavy atom. The summed E-state index contributed by atoms with van der Waals surface area (Å²) in [5.41, 5.74) is 0. The number of methoxy groups -OCH3 is 1. The summed E-state index contributed by atoms with van der Waals surface area (Å²) >= 11 is 5.32. The van der Waals surface area contributed by atoms with Crippen molar-refractivity contribution in [3.63, 3.8) is 0 Å². The summed E-state index contributed by atoms with van der Waals surface area (Å²) < 4.78 is 4.71. The molecule has 1 atom stereocenters. The summed E-state index contributed by atoms with van der Waals surface area (Å²) in [5, 5.41) is -0.575. The van der Waals surface area contributed by atoms with Crippen molar-refractivity contribution in [3.8, 4) is 0 Å². The van der Waals surface area contributed by atoms with E-state index in [0.717, 1.165) is 0 Å². The molecule has 0 rings (SSSR count). The maximum absolute atomic E-state index is 10.9. The Morgan fingerprint density at radius 2 is 2.08 bits per heavy atom. The van der Waals surface area contributed by atoms with Gasteiger partial charge >= 0.3 is 0 Å². The summed E-state index contributed by atoms with van der Waals surface area (Å²) in [7, 11) is 1.33. The van der Waals surface area contributed by atoms with Crippen molar-refractivity contribution in [2.24, 2.45) is 11.8 Å². The van der Waals surface area contributed by atoms with Crippen molar-refractivity contribution in [3.05, 3.63) is 5.76 Å². The van der Waals surface area contributed by atoms with E-state index in [1.807, 2.05) is 13.8 Å². The zero-order valence-corrected chi connectivity index (χ0v) is 8.72. The number of hydrogen-bond acceptors (Lipinski definition) is 3. The number of carbonyl (C=O) groups is 1. The molecule has 0 aromatic rings. The average molecular weight is 205 g/mol. The third kappa shape index (κ3) is 4.11. The molecule has 0 radical (unpaired) electrons. The van der Waals surface area contributed by atoms with E-state index >= 15 is 0 Å². The summed E-state index contributed by atoms with van der Waals surface area (Å²) in [6.07, 6.45) is 0.501. The monoisotopic (exact) mass is 204 g/mol. The van der Waals surface area contributed by atoms with Gasteiger partial charge in [-0.25, -0.2) is 4.79 Å². The van der Waals surface area contributed by atoms with Crippen LogP contribution in [0.25, 0.3) is 0 Å². The fourth-order valence-corrected chi connectivity index (χ4v) is 1.22. The van der Waals surface area contributed by atoms with Crippen LogP contribution in [0.5, 0.6) is 0 Å². The van der Waals surface area contributed by atoms with E-state index in [-0.39, 0.29) is 11.7 Å². The summed E-state index contributed by atoms with van der Waals surface area (Å²) in [6.45, 7) is 3.87. The van der Waals surface area contributed by atoms with Crippen LogP contribution in [-0.2, 0) is 14.3 Å². The lowest BCUT2D eigenvalue weighted by Crippen LogP contribution is -2.16. The summed E-state index contributed by atoms with van der Waals surface area (Å²) in [6, 6.07) is 0. The molecule has 13 heavy (non-hydrogen) atoms. The van der Waals surface area contributed by atoms with Crippen LogP contribution in [0.15, 0.2) is 5.76 Å². The first-order chi connectivity index (χ1) is 6.02. The van der Waals surface area contributed by atoms with Crippen molar-refractivity contribution in [1.82, 2.24) is 0 Å². The minimum atomic E-state index is -0.663. The van der Waals surface area contributed by atoms with Gasteiger partial charge in [0.25, 0.3) is 0 Å². The van der Waals surface area contributed by atoms with Gasteiger partial charge in [0.1, 0.15) is 5.92 Å². The van der Waals surface area contributed by atoms with E-state index in [9.17, 15) is 9.59 Å². The highest BCUT2D eigenvalue weighted by atomic mass is 35.5. The summed E-state index contributed by atoms with van der Waals surface area (Å²) in [5.74, 6) is 1.16. The van der Waals surface area contributed by atoms with Crippen LogP contribution in [0.3, 0.4) is 0 Å². The van der Waals surface area contributed by atoms with Crippen LogP contribution < -0.4 is 0 Å². The van der Waals surface area contributed by atoms with Crippen LogP contribution in [0.1, 0.15) is 20.3 Å². The van der Waals surface area contributed by atoms with Crippen LogP contribution in [0.4, 0.5) is 0 Å². The number of rotatable bonds is 5. The molecule has 0 aromatic carbocycles. The fourth-order valence-electron chi connectivity index (χ4n) is 1.03. The zero-order valence-electron chi connectivity index (χ0n) is 7.96. The average Bonchev–Trinajstić information content (AvgIpc) is 2.04. The number of ether oxygens (including phenoxy) is 1. The highest BCUT2D eigenvalue weighted by Crippen LogP contribution is 2.21. The molecule has 0 saturated heterocycles. The molecule has 0 aliphatic heterocycles. The van der Waals surface area contributed by atoms with Crippen LogP contribution >= 0.6 is 11.6 Å². The van der Waals surface area contributed by atoms with E-state index in [1.54, 1.807) is 5.94 Å². The van der Waals surface area contributed by atoms with Gasteiger partial charge in [-0.2, -0.15) is 0 Å². The zero-order chi connectivity index (χ0) is 10.4. The molecule has 0 spiro atoms. The molecule has 0 bridgehead atoms. The van der Waals surface area contributed by atoms with Gasteiger partial charge in [0, 0.05) is 0 Å². The number of halogens is 1. The SMILES string of the molecule is COC(=C=O)C(CC(C)C)C(=O)Cl.